The summed E-state index contributed by atoms with van der Waals surface area (Å²) >= 11 is 0. The van der Waals surface area contributed by atoms with Gasteiger partial charge in [0.25, 0.3) is 0 Å². The maximum atomic E-state index is 12.4. The lowest BCUT2D eigenvalue weighted by Gasteiger charge is -2.24. The van der Waals surface area contributed by atoms with Gasteiger partial charge in [0.1, 0.15) is 11.5 Å². The van der Waals surface area contributed by atoms with Crippen molar-refractivity contribution < 1.29 is 9.53 Å². The van der Waals surface area contributed by atoms with Crippen LogP contribution in [0, 0.1) is 0 Å². The van der Waals surface area contributed by atoms with Crippen LogP contribution in [0.15, 0.2) is 24.3 Å². The molecule has 98 valence electrons. The molecule has 0 saturated carbocycles. The van der Waals surface area contributed by atoms with Gasteiger partial charge in [0, 0.05) is 5.56 Å². The van der Waals surface area contributed by atoms with Crippen molar-refractivity contribution in [1.82, 2.24) is 20.2 Å². The van der Waals surface area contributed by atoms with Gasteiger partial charge in [-0.3, -0.25) is 4.79 Å². The summed E-state index contributed by atoms with van der Waals surface area (Å²) in [4.78, 5) is 13.7. The molecule has 1 aromatic heterocycles. The van der Waals surface area contributed by atoms with Gasteiger partial charge in [-0.25, -0.2) is 0 Å². The van der Waals surface area contributed by atoms with Crippen molar-refractivity contribution in [3.05, 3.63) is 35.7 Å². The van der Waals surface area contributed by atoms with E-state index in [9.17, 15) is 4.79 Å². The van der Waals surface area contributed by atoms with Gasteiger partial charge in [-0.2, -0.15) is 4.80 Å². The molecular formula is C13H14N4O2. The van der Waals surface area contributed by atoms with Crippen LogP contribution in [-0.2, 0) is 18.3 Å². The molecule has 1 aliphatic rings. The van der Waals surface area contributed by atoms with Crippen LogP contribution in [0.1, 0.15) is 23.7 Å². The molecule has 0 amide bonds. The van der Waals surface area contributed by atoms with E-state index < -0.39 is 0 Å². The Bertz CT molecular complexity index is 608. The van der Waals surface area contributed by atoms with Gasteiger partial charge < -0.3 is 4.74 Å². The Hall–Kier alpha value is -2.24. The number of ketones is 1. The number of nitrogens with zero attached hydrogens (tertiary/aromatic N) is 4. The summed E-state index contributed by atoms with van der Waals surface area (Å²) in [5.74, 6) is 1.26. The fraction of sp³-hybridized carbons (Fsp3) is 0.385. The Morgan fingerprint density at radius 2 is 2.32 bits per heavy atom. The van der Waals surface area contributed by atoms with Crippen molar-refractivity contribution >= 4 is 5.78 Å². The molecule has 0 bridgehead atoms. The zero-order valence-corrected chi connectivity index (χ0v) is 10.6. The van der Waals surface area contributed by atoms with E-state index in [1.54, 1.807) is 7.05 Å². The number of ether oxygens (including phenoxy) is 1. The maximum absolute atomic E-state index is 12.4. The van der Waals surface area contributed by atoms with Crippen LogP contribution in [0.3, 0.4) is 0 Å². The number of rotatable bonds is 3. The lowest BCUT2D eigenvalue weighted by Crippen LogP contribution is -2.23. The minimum atomic E-state index is -0.131. The first kappa shape index (κ1) is 11.8. The van der Waals surface area contributed by atoms with E-state index in [1.807, 2.05) is 24.3 Å². The highest BCUT2D eigenvalue weighted by Gasteiger charge is 2.28. The molecule has 1 aliphatic heterocycles. The molecule has 0 saturated heterocycles. The van der Waals surface area contributed by atoms with Crippen molar-refractivity contribution in [2.45, 2.75) is 18.8 Å². The number of para-hydroxylation sites is 1. The van der Waals surface area contributed by atoms with Crippen LogP contribution >= 0.6 is 0 Å². The van der Waals surface area contributed by atoms with Gasteiger partial charge in [0.2, 0.25) is 0 Å². The fourth-order valence-electron chi connectivity index (χ4n) is 2.35. The summed E-state index contributed by atoms with van der Waals surface area (Å²) in [7, 11) is 1.69. The fourth-order valence-corrected chi connectivity index (χ4v) is 2.35. The van der Waals surface area contributed by atoms with Gasteiger partial charge in [0.05, 0.1) is 26.0 Å². The van der Waals surface area contributed by atoms with Gasteiger partial charge in [0.15, 0.2) is 5.82 Å². The number of benzene rings is 1. The van der Waals surface area contributed by atoms with E-state index in [4.69, 9.17) is 4.74 Å². The SMILES string of the molecule is Cn1nnc(CC(=O)C2CCOc3ccccc32)n1. The Labute approximate surface area is 110 Å². The molecule has 0 spiro atoms. The second-order valence-corrected chi connectivity index (χ2v) is 4.57. The molecular weight excluding hydrogens is 244 g/mol. The molecule has 6 nitrogen and oxygen atoms in total. The Kier molecular flexibility index (Phi) is 2.98. The number of hydrogen-bond donors (Lipinski definition) is 0. The van der Waals surface area contributed by atoms with E-state index in [0.29, 0.717) is 18.9 Å². The first-order chi connectivity index (χ1) is 9.24. The lowest BCUT2D eigenvalue weighted by atomic mass is 9.88. The molecule has 0 N–H and O–H groups in total. The summed E-state index contributed by atoms with van der Waals surface area (Å²) in [5, 5.41) is 11.6. The number of carbonyl (C=O) groups excluding carboxylic acids is 1. The molecule has 0 fully saturated rings. The lowest BCUT2D eigenvalue weighted by molar-refractivity contribution is -0.120. The van der Waals surface area contributed by atoms with Gasteiger partial charge >= 0.3 is 0 Å². The average molecular weight is 258 g/mol. The van der Waals surface area contributed by atoms with Crippen LogP contribution in [0.25, 0.3) is 0 Å². The number of aryl methyl sites for hydroxylation is 1. The zero-order valence-electron chi connectivity index (χ0n) is 10.6. The van der Waals surface area contributed by atoms with Crippen LogP contribution in [0.2, 0.25) is 0 Å². The van der Waals surface area contributed by atoms with Crippen molar-refractivity contribution in [3.63, 3.8) is 0 Å². The van der Waals surface area contributed by atoms with E-state index in [2.05, 4.69) is 15.4 Å². The topological polar surface area (TPSA) is 69.9 Å². The van der Waals surface area contributed by atoms with E-state index in [-0.39, 0.29) is 18.1 Å². The van der Waals surface area contributed by atoms with Crippen LogP contribution in [0.5, 0.6) is 5.75 Å². The first-order valence-corrected chi connectivity index (χ1v) is 6.21. The number of fused-ring (bicyclic) bond motifs is 1. The average Bonchev–Trinajstić information content (AvgIpc) is 2.83. The Balaban J connectivity index is 1.81. The molecule has 1 atom stereocenters. The maximum Gasteiger partial charge on any atom is 0.182 e. The number of Topliss-reactive ketones (excluding diaryl/α,β-unsaturated/α-hetero) is 1. The molecule has 1 aromatic carbocycles. The van der Waals surface area contributed by atoms with E-state index >= 15 is 0 Å². The van der Waals surface area contributed by atoms with E-state index in [0.717, 1.165) is 11.3 Å². The van der Waals surface area contributed by atoms with Crippen molar-refractivity contribution in [1.29, 1.82) is 0 Å². The Morgan fingerprint density at radius 1 is 1.47 bits per heavy atom. The number of tetrazole rings is 1. The molecule has 0 radical (unpaired) electrons. The standard InChI is InChI=1S/C13H14N4O2/c1-17-15-13(14-16-17)8-11(18)9-6-7-19-12-5-3-2-4-10(9)12/h2-5,9H,6-8H2,1H3. The third kappa shape index (κ3) is 2.33. The highest BCUT2D eigenvalue weighted by Crippen LogP contribution is 2.34. The summed E-state index contributed by atoms with van der Waals surface area (Å²) in [5.41, 5.74) is 0.961. The third-order valence-electron chi connectivity index (χ3n) is 3.23. The second kappa shape index (κ2) is 4.79. The van der Waals surface area contributed by atoms with Crippen LogP contribution < -0.4 is 4.74 Å². The van der Waals surface area contributed by atoms with Crippen LogP contribution in [0.4, 0.5) is 0 Å². The molecule has 0 aliphatic carbocycles. The number of aromatic nitrogens is 4. The summed E-state index contributed by atoms with van der Waals surface area (Å²) in [6.45, 7) is 0.571. The van der Waals surface area contributed by atoms with Gasteiger partial charge in [-0.1, -0.05) is 18.2 Å². The predicted octanol–water partition coefficient (Wildman–Crippen LogP) is 0.888. The molecule has 6 heteroatoms. The second-order valence-electron chi connectivity index (χ2n) is 4.57. The third-order valence-corrected chi connectivity index (χ3v) is 3.23. The highest BCUT2D eigenvalue weighted by molar-refractivity contribution is 5.88. The summed E-state index contributed by atoms with van der Waals surface area (Å²) in [6.07, 6.45) is 0.920. The van der Waals surface area contributed by atoms with Crippen molar-refractivity contribution in [3.8, 4) is 5.75 Å². The van der Waals surface area contributed by atoms with Gasteiger partial charge in [-0.15, -0.1) is 10.2 Å². The number of carbonyl (C=O) groups is 1. The minimum Gasteiger partial charge on any atom is -0.493 e. The monoisotopic (exact) mass is 258 g/mol. The van der Waals surface area contributed by atoms with Gasteiger partial charge in [-0.05, 0) is 17.7 Å². The zero-order chi connectivity index (χ0) is 13.2. The van der Waals surface area contributed by atoms with E-state index in [1.165, 1.54) is 4.80 Å². The quantitative estimate of drug-likeness (QED) is 0.817. The molecule has 2 heterocycles. The minimum absolute atomic E-state index is 0.115. The molecule has 19 heavy (non-hydrogen) atoms. The highest BCUT2D eigenvalue weighted by atomic mass is 16.5. The molecule has 3 rings (SSSR count). The normalized spacial score (nSPS) is 17.6. The molecule has 2 aromatic rings. The molecule has 1 unspecified atom stereocenters. The van der Waals surface area contributed by atoms with Crippen LogP contribution in [-0.4, -0.2) is 32.6 Å². The summed E-state index contributed by atoms with van der Waals surface area (Å²) < 4.78 is 5.56. The first-order valence-electron chi connectivity index (χ1n) is 6.21. The summed E-state index contributed by atoms with van der Waals surface area (Å²) in [6, 6.07) is 7.68. The predicted molar refractivity (Wildman–Crippen MR) is 66.8 cm³/mol. The number of hydrogen-bond acceptors (Lipinski definition) is 5. The Morgan fingerprint density at radius 3 is 3.11 bits per heavy atom. The largest absolute Gasteiger partial charge is 0.493 e. The van der Waals surface area contributed by atoms with Crippen molar-refractivity contribution in [2.24, 2.45) is 7.05 Å². The smallest absolute Gasteiger partial charge is 0.182 e. The van der Waals surface area contributed by atoms with Crippen molar-refractivity contribution in [2.75, 3.05) is 6.61 Å².